The van der Waals surface area contributed by atoms with Gasteiger partial charge in [0.2, 0.25) is 17.8 Å². The zero-order valence-electron chi connectivity index (χ0n) is 17.5. The van der Waals surface area contributed by atoms with E-state index in [2.05, 4.69) is 39.3 Å². The molecule has 0 unspecified atom stereocenters. The topological polar surface area (TPSA) is 107 Å². The van der Waals surface area contributed by atoms with Crippen molar-refractivity contribution in [2.75, 3.05) is 15.5 Å². The minimum atomic E-state index is -0.892. The van der Waals surface area contributed by atoms with Crippen molar-refractivity contribution in [3.63, 3.8) is 0 Å². The Labute approximate surface area is 175 Å². The van der Waals surface area contributed by atoms with E-state index in [-0.39, 0.29) is 41.4 Å². The molecule has 3 N–H and O–H groups in total. The molecule has 1 aromatic carbocycles. The maximum absolute atomic E-state index is 13.0. The highest BCUT2D eigenvalue weighted by molar-refractivity contribution is 6.04. The Bertz CT molecular complexity index is 1020. The zero-order valence-corrected chi connectivity index (χ0v) is 17.5. The first kappa shape index (κ1) is 20.1. The summed E-state index contributed by atoms with van der Waals surface area (Å²) < 4.78 is 0. The van der Waals surface area contributed by atoms with Crippen LogP contribution in [0.3, 0.4) is 0 Å². The zero-order chi connectivity index (χ0) is 21.4. The number of aryl methyl sites for hydroxylation is 1. The van der Waals surface area contributed by atoms with Crippen LogP contribution in [-0.2, 0) is 9.59 Å². The summed E-state index contributed by atoms with van der Waals surface area (Å²) in [6, 6.07) is 7.82. The third-order valence-electron chi connectivity index (χ3n) is 6.01. The molecule has 0 aliphatic carbocycles. The largest absolute Gasteiger partial charge is 0.337 e. The molecule has 3 atom stereocenters. The lowest BCUT2D eigenvalue weighted by atomic mass is 9.92. The number of piperidine rings is 1. The van der Waals surface area contributed by atoms with E-state index in [0.29, 0.717) is 11.6 Å². The first-order valence-corrected chi connectivity index (χ1v) is 10.4. The van der Waals surface area contributed by atoms with Crippen molar-refractivity contribution in [3.05, 3.63) is 45.7 Å². The summed E-state index contributed by atoms with van der Waals surface area (Å²) in [5.74, 6) is -0.987. The SMILES string of the molecule is Cc1ccc(NC(=O)[C@H]2CC(=O)Nc3nc(N4[C@H](C)CCC[C@@H]4C)[nH]c(=O)c32)cc1. The second-order valence-corrected chi connectivity index (χ2v) is 8.35. The van der Waals surface area contributed by atoms with Gasteiger partial charge < -0.3 is 15.5 Å². The van der Waals surface area contributed by atoms with Crippen LogP contribution in [0.25, 0.3) is 0 Å². The van der Waals surface area contributed by atoms with Gasteiger partial charge in [0.25, 0.3) is 5.56 Å². The number of rotatable bonds is 3. The van der Waals surface area contributed by atoms with Gasteiger partial charge in [0.05, 0.1) is 11.5 Å². The molecule has 0 bridgehead atoms. The molecule has 8 nitrogen and oxygen atoms in total. The summed E-state index contributed by atoms with van der Waals surface area (Å²) in [5, 5.41) is 5.50. The Morgan fingerprint density at radius 2 is 1.80 bits per heavy atom. The predicted octanol–water partition coefficient (Wildman–Crippen LogP) is 2.91. The quantitative estimate of drug-likeness (QED) is 0.723. The maximum atomic E-state index is 13.0. The van der Waals surface area contributed by atoms with Crippen molar-refractivity contribution in [2.45, 2.75) is 64.5 Å². The van der Waals surface area contributed by atoms with Crippen LogP contribution in [0.1, 0.15) is 56.6 Å². The summed E-state index contributed by atoms with van der Waals surface area (Å²) in [6.07, 6.45) is 3.06. The van der Waals surface area contributed by atoms with Crippen molar-refractivity contribution in [3.8, 4) is 0 Å². The van der Waals surface area contributed by atoms with Crippen molar-refractivity contribution >= 4 is 29.3 Å². The number of H-pyrrole nitrogens is 1. The molecule has 30 heavy (non-hydrogen) atoms. The minimum Gasteiger partial charge on any atom is -0.337 e. The Morgan fingerprint density at radius 3 is 2.47 bits per heavy atom. The number of benzene rings is 1. The molecule has 2 aromatic rings. The lowest BCUT2D eigenvalue weighted by molar-refractivity contribution is -0.123. The van der Waals surface area contributed by atoms with Gasteiger partial charge in [-0.05, 0) is 52.2 Å². The summed E-state index contributed by atoms with van der Waals surface area (Å²) in [7, 11) is 0. The Hall–Kier alpha value is -3.16. The van der Waals surface area contributed by atoms with Gasteiger partial charge in [-0.25, -0.2) is 0 Å². The second-order valence-electron chi connectivity index (χ2n) is 8.35. The molecule has 3 heterocycles. The first-order valence-electron chi connectivity index (χ1n) is 10.4. The number of carbonyl (C=O) groups excluding carboxylic acids is 2. The average molecular weight is 409 g/mol. The molecule has 158 valence electrons. The van der Waals surface area contributed by atoms with Crippen LogP contribution in [0.5, 0.6) is 0 Å². The van der Waals surface area contributed by atoms with Crippen molar-refractivity contribution in [1.82, 2.24) is 9.97 Å². The number of amides is 2. The molecular formula is C22H27N5O3. The standard InChI is InChI=1S/C22H27N5O3/c1-12-7-9-15(10-8-12)23-20(29)16-11-17(28)24-19-18(16)21(30)26-22(25-19)27-13(2)5-4-6-14(27)3/h7-10,13-14,16H,4-6,11H2,1-3H3,(H,23,29)(H2,24,25,26,28,30)/t13-,14+,16-/m0/s1. The Balaban J connectivity index is 1.67. The molecule has 2 amide bonds. The molecular weight excluding hydrogens is 382 g/mol. The first-order chi connectivity index (χ1) is 14.3. The van der Waals surface area contributed by atoms with Gasteiger partial charge in [-0.15, -0.1) is 0 Å². The van der Waals surface area contributed by atoms with Crippen LogP contribution >= 0.6 is 0 Å². The van der Waals surface area contributed by atoms with Gasteiger partial charge in [-0.3, -0.25) is 19.4 Å². The number of hydrogen-bond donors (Lipinski definition) is 3. The molecule has 4 rings (SSSR count). The average Bonchev–Trinajstić information content (AvgIpc) is 2.68. The number of carbonyl (C=O) groups is 2. The van der Waals surface area contributed by atoms with Gasteiger partial charge in [0.1, 0.15) is 5.82 Å². The van der Waals surface area contributed by atoms with Crippen LogP contribution < -0.4 is 21.1 Å². The highest BCUT2D eigenvalue weighted by Gasteiger charge is 2.36. The highest BCUT2D eigenvalue weighted by atomic mass is 16.2. The molecule has 2 aliphatic heterocycles. The monoisotopic (exact) mass is 409 g/mol. The third-order valence-corrected chi connectivity index (χ3v) is 6.01. The fourth-order valence-electron chi connectivity index (χ4n) is 4.41. The van der Waals surface area contributed by atoms with Crippen LogP contribution in [0.15, 0.2) is 29.1 Å². The van der Waals surface area contributed by atoms with Gasteiger partial charge >= 0.3 is 0 Å². The van der Waals surface area contributed by atoms with Gasteiger partial charge in [0, 0.05) is 24.2 Å². The fourth-order valence-corrected chi connectivity index (χ4v) is 4.41. The van der Waals surface area contributed by atoms with Crippen molar-refractivity contribution in [2.24, 2.45) is 0 Å². The number of aromatic nitrogens is 2. The predicted molar refractivity (Wildman–Crippen MR) is 116 cm³/mol. The molecule has 8 heteroatoms. The molecule has 0 radical (unpaired) electrons. The minimum absolute atomic E-state index is 0.0919. The summed E-state index contributed by atoms with van der Waals surface area (Å²) in [4.78, 5) is 47.7. The van der Waals surface area contributed by atoms with Crippen LogP contribution in [0.4, 0.5) is 17.5 Å². The number of anilines is 3. The number of fused-ring (bicyclic) bond motifs is 1. The van der Waals surface area contributed by atoms with Crippen molar-refractivity contribution in [1.29, 1.82) is 0 Å². The van der Waals surface area contributed by atoms with E-state index in [9.17, 15) is 14.4 Å². The summed E-state index contributed by atoms with van der Waals surface area (Å²) in [6.45, 7) is 6.16. The lowest BCUT2D eigenvalue weighted by Gasteiger charge is -2.39. The number of aromatic amines is 1. The van der Waals surface area contributed by atoms with E-state index >= 15 is 0 Å². The molecule has 0 saturated carbocycles. The smallest absolute Gasteiger partial charge is 0.258 e. The van der Waals surface area contributed by atoms with Gasteiger partial charge in [-0.1, -0.05) is 17.7 Å². The van der Waals surface area contributed by atoms with E-state index in [1.807, 2.05) is 19.1 Å². The molecule has 1 fully saturated rings. The van der Waals surface area contributed by atoms with Gasteiger partial charge in [-0.2, -0.15) is 4.98 Å². The third kappa shape index (κ3) is 3.81. The summed E-state index contributed by atoms with van der Waals surface area (Å²) in [5.41, 5.74) is 1.52. The number of nitrogens with one attached hydrogen (secondary N) is 3. The lowest BCUT2D eigenvalue weighted by Crippen LogP contribution is -2.46. The normalized spacial score (nSPS) is 23.5. The number of nitrogens with zero attached hydrogens (tertiary/aromatic N) is 2. The molecule has 2 aliphatic rings. The Kier molecular flexibility index (Phi) is 5.32. The van der Waals surface area contributed by atoms with E-state index in [4.69, 9.17) is 0 Å². The second kappa shape index (κ2) is 7.93. The maximum Gasteiger partial charge on any atom is 0.258 e. The molecule has 0 spiro atoms. The molecule has 1 saturated heterocycles. The summed E-state index contributed by atoms with van der Waals surface area (Å²) >= 11 is 0. The van der Waals surface area contributed by atoms with Crippen LogP contribution in [-0.4, -0.2) is 33.9 Å². The number of hydrogen-bond acceptors (Lipinski definition) is 5. The van der Waals surface area contributed by atoms with Crippen LogP contribution in [0.2, 0.25) is 0 Å². The van der Waals surface area contributed by atoms with Gasteiger partial charge in [0.15, 0.2) is 0 Å². The van der Waals surface area contributed by atoms with E-state index in [0.717, 1.165) is 24.8 Å². The Morgan fingerprint density at radius 1 is 1.13 bits per heavy atom. The molecule has 1 aromatic heterocycles. The fraction of sp³-hybridized carbons (Fsp3) is 0.455. The van der Waals surface area contributed by atoms with E-state index in [1.165, 1.54) is 0 Å². The van der Waals surface area contributed by atoms with Crippen molar-refractivity contribution < 1.29 is 9.59 Å². The van der Waals surface area contributed by atoms with Crippen LogP contribution in [0, 0.1) is 6.92 Å². The van der Waals surface area contributed by atoms with E-state index < -0.39 is 11.8 Å². The highest BCUT2D eigenvalue weighted by Crippen LogP contribution is 2.32. The van der Waals surface area contributed by atoms with E-state index in [1.54, 1.807) is 12.1 Å².